The van der Waals surface area contributed by atoms with Crippen molar-refractivity contribution in [3.63, 3.8) is 0 Å². The lowest BCUT2D eigenvalue weighted by atomic mass is 9.99. The first-order valence-electron chi connectivity index (χ1n) is 17.8. The van der Waals surface area contributed by atoms with Crippen LogP contribution in [0.25, 0.3) is 116 Å². The normalized spacial score (nSPS) is 12.2. The fourth-order valence-electron chi connectivity index (χ4n) is 8.39. The molecule has 0 aliphatic carbocycles. The summed E-state index contributed by atoms with van der Waals surface area (Å²) < 4.78 is 15.8. The van der Waals surface area contributed by atoms with Crippen molar-refractivity contribution in [2.45, 2.75) is 0 Å². The largest absolute Gasteiger partial charge is 0.453 e. The van der Waals surface area contributed by atoms with Crippen LogP contribution >= 0.6 is 0 Å². The molecule has 0 spiro atoms. The van der Waals surface area contributed by atoms with E-state index < -0.39 is 0 Å². The molecule has 4 aromatic heterocycles. The molecule has 0 aliphatic rings. The van der Waals surface area contributed by atoms with E-state index in [2.05, 4.69) is 150 Å². The maximum absolute atomic E-state index is 6.98. The standard InChI is InChI=1S/C48H27N3O2/c1-2-13-29-26-30(25-24-28(29)12-1)43-47-44(36-18-7-10-23-42(36)52-47)50-48(49-43)38-27-37-35-19-11-22-41(46(35)53-45(37)34-17-4-3-14-31(34)38)51-39-20-8-5-15-32(39)33-16-6-9-21-40(33)51/h1-27H. The highest BCUT2D eigenvalue weighted by Crippen LogP contribution is 2.44. The summed E-state index contributed by atoms with van der Waals surface area (Å²) in [4.78, 5) is 10.6. The number of rotatable bonds is 3. The highest BCUT2D eigenvalue weighted by atomic mass is 16.3. The van der Waals surface area contributed by atoms with Crippen LogP contribution in [0, 0.1) is 0 Å². The van der Waals surface area contributed by atoms with Gasteiger partial charge in [-0.3, -0.25) is 0 Å². The van der Waals surface area contributed by atoms with Crippen molar-refractivity contribution in [3.05, 3.63) is 164 Å². The van der Waals surface area contributed by atoms with Gasteiger partial charge in [0.1, 0.15) is 22.4 Å². The Balaban J connectivity index is 1.16. The predicted octanol–water partition coefficient (Wildman–Crippen LogP) is 13.0. The van der Waals surface area contributed by atoms with E-state index in [4.69, 9.17) is 18.8 Å². The van der Waals surface area contributed by atoms with Gasteiger partial charge in [-0.1, -0.05) is 121 Å². The maximum Gasteiger partial charge on any atom is 0.180 e. The summed E-state index contributed by atoms with van der Waals surface area (Å²) >= 11 is 0. The summed E-state index contributed by atoms with van der Waals surface area (Å²) in [6.45, 7) is 0. The van der Waals surface area contributed by atoms with Crippen LogP contribution in [0.15, 0.2) is 173 Å². The zero-order valence-corrected chi connectivity index (χ0v) is 28.2. The van der Waals surface area contributed by atoms with Gasteiger partial charge >= 0.3 is 0 Å². The summed E-state index contributed by atoms with van der Waals surface area (Å²) in [5, 5.41) is 9.80. The molecule has 0 fully saturated rings. The van der Waals surface area contributed by atoms with Crippen LogP contribution in [0.2, 0.25) is 0 Å². The minimum absolute atomic E-state index is 0.637. The quantitative estimate of drug-likeness (QED) is 0.187. The number of hydrogen-bond donors (Lipinski definition) is 0. The second-order valence-electron chi connectivity index (χ2n) is 13.7. The minimum Gasteiger partial charge on any atom is -0.453 e. The Morgan fingerprint density at radius 2 is 1.06 bits per heavy atom. The molecule has 0 bridgehead atoms. The zero-order valence-electron chi connectivity index (χ0n) is 28.2. The molecule has 0 unspecified atom stereocenters. The summed E-state index contributed by atoms with van der Waals surface area (Å²) in [7, 11) is 0. The number of nitrogens with zero attached hydrogens (tertiary/aromatic N) is 3. The summed E-state index contributed by atoms with van der Waals surface area (Å²) in [6, 6.07) is 57.2. The molecule has 12 rings (SSSR count). The third-order valence-corrected chi connectivity index (χ3v) is 10.8. The van der Waals surface area contributed by atoms with Crippen molar-refractivity contribution in [3.8, 4) is 28.3 Å². The van der Waals surface area contributed by atoms with Crippen LogP contribution in [0.3, 0.4) is 0 Å². The van der Waals surface area contributed by atoms with E-state index in [9.17, 15) is 0 Å². The van der Waals surface area contributed by atoms with Gasteiger partial charge in [0.05, 0.1) is 16.7 Å². The highest BCUT2D eigenvalue weighted by molar-refractivity contribution is 6.21. The second kappa shape index (κ2) is 10.6. The molecule has 4 heterocycles. The predicted molar refractivity (Wildman–Crippen MR) is 217 cm³/mol. The van der Waals surface area contributed by atoms with Gasteiger partial charge in [-0.2, -0.15) is 0 Å². The number of furan rings is 2. The molecule has 0 amide bonds. The van der Waals surface area contributed by atoms with Crippen molar-refractivity contribution in [2.75, 3.05) is 0 Å². The lowest BCUT2D eigenvalue weighted by molar-refractivity contribution is 0.667. The van der Waals surface area contributed by atoms with Crippen LogP contribution in [0.5, 0.6) is 0 Å². The van der Waals surface area contributed by atoms with E-state index in [1.807, 2.05) is 18.2 Å². The average Bonchev–Trinajstić information content (AvgIpc) is 3.90. The highest BCUT2D eigenvalue weighted by Gasteiger charge is 2.23. The van der Waals surface area contributed by atoms with Crippen molar-refractivity contribution in [1.29, 1.82) is 0 Å². The van der Waals surface area contributed by atoms with E-state index in [-0.39, 0.29) is 0 Å². The number of aromatic nitrogens is 3. The van der Waals surface area contributed by atoms with Gasteiger partial charge in [-0.25, -0.2) is 9.97 Å². The van der Waals surface area contributed by atoms with Crippen LogP contribution in [0.1, 0.15) is 0 Å². The van der Waals surface area contributed by atoms with Gasteiger partial charge < -0.3 is 13.4 Å². The fourth-order valence-corrected chi connectivity index (χ4v) is 8.39. The Morgan fingerprint density at radius 3 is 1.87 bits per heavy atom. The lowest BCUT2D eigenvalue weighted by Gasteiger charge is -2.10. The third kappa shape index (κ3) is 4.02. The van der Waals surface area contributed by atoms with Gasteiger partial charge in [-0.05, 0) is 58.6 Å². The van der Waals surface area contributed by atoms with Crippen molar-refractivity contribution in [1.82, 2.24) is 14.5 Å². The Kier molecular flexibility index (Phi) is 5.71. The first-order chi connectivity index (χ1) is 26.3. The Bertz CT molecular complexity index is 3420. The zero-order chi connectivity index (χ0) is 34.6. The summed E-state index contributed by atoms with van der Waals surface area (Å²) in [6.07, 6.45) is 0. The third-order valence-electron chi connectivity index (χ3n) is 10.8. The van der Waals surface area contributed by atoms with E-state index in [0.29, 0.717) is 11.4 Å². The number of para-hydroxylation sites is 4. The van der Waals surface area contributed by atoms with Gasteiger partial charge in [0.25, 0.3) is 0 Å². The van der Waals surface area contributed by atoms with Crippen molar-refractivity contribution < 1.29 is 8.83 Å². The van der Waals surface area contributed by atoms with Crippen LogP contribution in [0.4, 0.5) is 0 Å². The molecular formula is C48H27N3O2. The topological polar surface area (TPSA) is 57.0 Å². The van der Waals surface area contributed by atoms with E-state index in [1.165, 1.54) is 16.2 Å². The van der Waals surface area contributed by atoms with Crippen molar-refractivity contribution >= 4 is 87.4 Å². The Hall–Kier alpha value is -7.24. The van der Waals surface area contributed by atoms with Gasteiger partial charge in [0.2, 0.25) is 0 Å². The lowest BCUT2D eigenvalue weighted by Crippen LogP contribution is -1.95. The maximum atomic E-state index is 6.98. The minimum atomic E-state index is 0.637. The first-order valence-corrected chi connectivity index (χ1v) is 17.8. The van der Waals surface area contributed by atoms with Gasteiger partial charge in [-0.15, -0.1) is 0 Å². The molecule has 0 N–H and O–H groups in total. The molecule has 53 heavy (non-hydrogen) atoms. The molecule has 12 aromatic rings. The van der Waals surface area contributed by atoms with Crippen LogP contribution in [-0.2, 0) is 0 Å². The van der Waals surface area contributed by atoms with Crippen LogP contribution < -0.4 is 0 Å². The molecule has 8 aromatic carbocycles. The molecule has 5 heteroatoms. The second-order valence-corrected chi connectivity index (χ2v) is 13.7. The monoisotopic (exact) mass is 677 g/mol. The first kappa shape index (κ1) is 28.5. The molecular weight excluding hydrogens is 651 g/mol. The molecule has 0 atom stereocenters. The average molecular weight is 678 g/mol. The number of benzene rings is 8. The summed E-state index contributed by atoms with van der Waals surface area (Å²) in [5.74, 6) is 0.637. The Morgan fingerprint density at radius 1 is 0.415 bits per heavy atom. The number of hydrogen-bond acceptors (Lipinski definition) is 4. The SMILES string of the molecule is c1ccc2cc(-c3nc(-c4cc5c6cccc(-n7c8ccccc8c8ccccc87)c6oc5c5ccccc45)nc4c3oc3ccccc34)ccc2c1. The molecule has 246 valence electrons. The van der Waals surface area contributed by atoms with E-state index >= 15 is 0 Å². The van der Waals surface area contributed by atoms with Crippen molar-refractivity contribution in [2.24, 2.45) is 0 Å². The summed E-state index contributed by atoms with van der Waals surface area (Å²) in [5.41, 5.74) is 9.91. The van der Waals surface area contributed by atoms with E-state index in [1.54, 1.807) is 0 Å². The molecule has 0 radical (unpaired) electrons. The Labute approximate surface area is 302 Å². The van der Waals surface area contributed by atoms with E-state index in [0.717, 1.165) is 88.1 Å². The van der Waals surface area contributed by atoms with Gasteiger partial charge in [0.15, 0.2) is 17.0 Å². The van der Waals surface area contributed by atoms with Crippen LogP contribution in [-0.4, -0.2) is 14.5 Å². The fraction of sp³-hybridized carbons (Fsp3) is 0. The molecule has 0 saturated heterocycles. The number of fused-ring (bicyclic) bond motifs is 12. The smallest absolute Gasteiger partial charge is 0.180 e. The molecule has 0 aliphatic heterocycles. The molecule has 5 nitrogen and oxygen atoms in total. The van der Waals surface area contributed by atoms with Gasteiger partial charge in [0, 0.05) is 43.4 Å². The molecule has 0 saturated carbocycles.